The third kappa shape index (κ3) is 6.02. The van der Waals surface area contributed by atoms with Crippen LogP contribution in [0.5, 0.6) is 0 Å². The average molecular weight is 951 g/mol. The summed E-state index contributed by atoms with van der Waals surface area (Å²) in [4.78, 5) is 0. The number of aromatic nitrogens is 2. The zero-order valence-electron chi connectivity index (χ0n) is 41.0. The van der Waals surface area contributed by atoms with E-state index in [9.17, 15) is 0 Å². The molecule has 2 aliphatic carbocycles. The number of benzene rings is 12. The summed E-state index contributed by atoms with van der Waals surface area (Å²) in [5.41, 5.74) is 26.7. The number of fused-ring (bicyclic) bond motifs is 16. The van der Waals surface area contributed by atoms with Gasteiger partial charge in [0.25, 0.3) is 0 Å². The van der Waals surface area contributed by atoms with Crippen molar-refractivity contribution in [3.63, 3.8) is 0 Å². The third-order valence-corrected chi connectivity index (χ3v) is 16.5. The van der Waals surface area contributed by atoms with E-state index < -0.39 is 5.41 Å². The van der Waals surface area contributed by atoms with E-state index >= 15 is 0 Å². The van der Waals surface area contributed by atoms with Gasteiger partial charge in [-0.05, 0) is 168 Å². The van der Waals surface area contributed by atoms with Crippen LogP contribution in [0, 0.1) is 0 Å². The van der Waals surface area contributed by atoms with Gasteiger partial charge in [-0.2, -0.15) is 0 Å². The molecule has 0 N–H and O–H groups in total. The maximum absolute atomic E-state index is 2.53. The molecule has 2 aliphatic rings. The first-order chi connectivity index (χ1) is 37.2. The van der Waals surface area contributed by atoms with Gasteiger partial charge in [0.15, 0.2) is 0 Å². The van der Waals surface area contributed by atoms with Crippen LogP contribution < -0.4 is 0 Å². The zero-order chi connectivity index (χ0) is 49.2. The molecule has 0 radical (unpaired) electrons. The van der Waals surface area contributed by atoms with Gasteiger partial charge in [0.05, 0.1) is 27.5 Å². The van der Waals surface area contributed by atoms with Crippen molar-refractivity contribution >= 4 is 43.6 Å². The van der Waals surface area contributed by atoms with E-state index in [0.717, 1.165) is 11.4 Å². The Hall–Kier alpha value is -9.76. The molecule has 0 amide bonds. The van der Waals surface area contributed by atoms with Gasteiger partial charge in [-0.1, -0.05) is 200 Å². The summed E-state index contributed by atoms with van der Waals surface area (Å²) in [7, 11) is 0. The highest BCUT2D eigenvalue weighted by Crippen LogP contribution is 2.65. The van der Waals surface area contributed by atoms with Crippen molar-refractivity contribution < 1.29 is 0 Å². The van der Waals surface area contributed by atoms with Gasteiger partial charge in [-0.25, -0.2) is 0 Å². The lowest BCUT2D eigenvalue weighted by molar-refractivity contribution is 0.796. The van der Waals surface area contributed by atoms with Crippen LogP contribution in [0.4, 0.5) is 0 Å². The largest absolute Gasteiger partial charge is 0.309 e. The Morgan fingerprint density at radius 3 is 1.05 bits per heavy atom. The smallest absolute Gasteiger partial charge is 0.0731 e. The predicted molar refractivity (Wildman–Crippen MR) is 313 cm³/mol. The van der Waals surface area contributed by atoms with Gasteiger partial charge in [-0.15, -0.1) is 0 Å². The topological polar surface area (TPSA) is 9.86 Å². The minimum absolute atomic E-state index is 0.573. The number of rotatable bonds is 6. The van der Waals surface area contributed by atoms with Crippen molar-refractivity contribution in [3.05, 3.63) is 301 Å². The lowest BCUT2D eigenvalue weighted by Crippen LogP contribution is -2.26. The summed E-state index contributed by atoms with van der Waals surface area (Å²) in [6, 6.07) is 104. The van der Waals surface area contributed by atoms with Crippen LogP contribution >= 0.6 is 0 Å². The second kappa shape index (κ2) is 16.1. The normalized spacial score (nSPS) is 12.9. The molecular formula is C73H46N2. The summed E-state index contributed by atoms with van der Waals surface area (Å²) < 4.78 is 4.85. The quantitative estimate of drug-likeness (QED) is 0.157. The van der Waals surface area contributed by atoms with E-state index in [4.69, 9.17) is 0 Å². The van der Waals surface area contributed by atoms with Crippen LogP contribution in [0.2, 0.25) is 0 Å². The molecule has 14 aromatic rings. The number of hydrogen-bond acceptors (Lipinski definition) is 0. The number of nitrogens with zero attached hydrogens (tertiary/aromatic N) is 2. The van der Waals surface area contributed by atoms with Crippen molar-refractivity contribution in [2.24, 2.45) is 0 Å². The van der Waals surface area contributed by atoms with E-state index in [2.05, 4.69) is 288 Å². The summed E-state index contributed by atoms with van der Waals surface area (Å²) in [6.45, 7) is 0. The molecule has 12 aromatic carbocycles. The standard InChI is InChI=1S/C73H46N2/c1-5-18-47(19-6-1)49-33-38-68-61(42-49)63-44-51(35-40-70(63)74(68)54-22-9-3-10-23-54)52-32-37-59-60-29-17-28-56(72(60)73(67(59)46-52)65-30-15-13-26-57(65)58-27-14-16-31-66(58)73)53-36-41-71-64(45-53)62-43-50(48-20-7-2-8-21-48)34-39-69(62)75(71)55-24-11-4-12-25-55/h1-46H. The molecule has 0 saturated heterocycles. The third-order valence-electron chi connectivity index (χ3n) is 16.5. The Labute approximate surface area is 435 Å². The van der Waals surface area contributed by atoms with Gasteiger partial charge in [-0.3, -0.25) is 0 Å². The highest BCUT2D eigenvalue weighted by Gasteiger charge is 2.53. The summed E-state index contributed by atoms with van der Waals surface area (Å²) in [5.74, 6) is 0. The highest BCUT2D eigenvalue weighted by molar-refractivity contribution is 6.13. The second-order valence-corrected chi connectivity index (χ2v) is 20.3. The average Bonchev–Trinajstić information content (AvgIpc) is 4.37. The number of hydrogen-bond donors (Lipinski definition) is 0. The Morgan fingerprint density at radius 2 is 0.560 bits per heavy atom. The van der Waals surface area contributed by atoms with Gasteiger partial charge in [0.2, 0.25) is 0 Å². The molecule has 2 heterocycles. The SMILES string of the molecule is c1ccc(-c2ccc3c(c2)c2cc(-c4ccc5c(c4)C4(c6ccccc6-c6ccccc64)c4c(-c6ccc7c(c6)c6cc(-c8ccccc8)ccc6n7-c6ccccc6)cccc4-5)ccc2n3-c2ccccc2)cc1. The van der Waals surface area contributed by atoms with E-state index in [1.807, 2.05) is 0 Å². The molecule has 0 bridgehead atoms. The van der Waals surface area contributed by atoms with Crippen molar-refractivity contribution in [2.45, 2.75) is 5.41 Å². The van der Waals surface area contributed by atoms with Crippen molar-refractivity contribution in [2.75, 3.05) is 0 Å². The fraction of sp³-hybridized carbons (Fsp3) is 0.0137. The molecule has 0 fully saturated rings. The highest BCUT2D eigenvalue weighted by atomic mass is 15.0. The molecule has 0 saturated carbocycles. The van der Waals surface area contributed by atoms with Crippen LogP contribution in [-0.2, 0) is 5.41 Å². The van der Waals surface area contributed by atoms with Crippen molar-refractivity contribution in [3.8, 4) is 78.1 Å². The van der Waals surface area contributed by atoms with Crippen molar-refractivity contribution in [1.29, 1.82) is 0 Å². The molecule has 0 unspecified atom stereocenters. The summed E-state index contributed by atoms with van der Waals surface area (Å²) in [6.07, 6.45) is 0. The maximum atomic E-state index is 2.53. The molecule has 16 rings (SSSR count). The first kappa shape index (κ1) is 41.8. The first-order valence-corrected chi connectivity index (χ1v) is 26.1. The van der Waals surface area contributed by atoms with Crippen LogP contribution in [0.1, 0.15) is 22.3 Å². The lowest BCUT2D eigenvalue weighted by Gasteiger charge is -2.32. The summed E-state index contributed by atoms with van der Waals surface area (Å²) in [5, 5.41) is 4.96. The molecule has 2 heteroatoms. The molecule has 348 valence electrons. The van der Waals surface area contributed by atoms with Gasteiger partial charge < -0.3 is 9.13 Å². The van der Waals surface area contributed by atoms with Crippen molar-refractivity contribution in [1.82, 2.24) is 9.13 Å². The van der Waals surface area contributed by atoms with Crippen LogP contribution in [-0.4, -0.2) is 9.13 Å². The summed E-state index contributed by atoms with van der Waals surface area (Å²) >= 11 is 0. The van der Waals surface area contributed by atoms with E-state index in [1.54, 1.807) is 0 Å². The molecule has 2 nitrogen and oxygen atoms in total. The molecule has 75 heavy (non-hydrogen) atoms. The van der Waals surface area contributed by atoms with Gasteiger partial charge in [0.1, 0.15) is 0 Å². The Kier molecular flexibility index (Phi) is 8.99. The van der Waals surface area contributed by atoms with Gasteiger partial charge >= 0.3 is 0 Å². The van der Waals surface area contributed by atoms with E-state index in [-0.39, 0.29) is 0 Å². The van der Waals surface area contributed by atoms with Gasteiger partial charge in [0, 0.05) is 32.9 Å². The molecule has 1 spiro atoms. The zero-order valence-corrected chi connectivity index (χ0v) is 41.0. The Morgan fingerprint density at radius 1 is 0.213 bits per heavy atom. The monoisotopic (exact) mass is 950 g/mol. The predicted octanol–water partition coefficient (Wildman–Crippen LogP) is 18.9. The van der Waals surface area contributed by atoms with Crippen LogP contribution in [0.25, 0.3) is 122 Å². The lowest BCUT2D eigenvalue weighted by atomic mass is 9.68. The minimum atomic E-state index is -0.573. The Balaban J connectivity index is 0.928. The molecule has 0 atom stereocenters. The van der Waals surface area contributed by atoms with Crippen LogP contribution in [0.3, 0.4) is 0 Å². The molecular weight excluding hydrogens is 905 g/mol. The van der Waals surface area contributed by atoms with E-state index in [1.165, 1.54) is 133 Å². The fourth-order valence-corrected chi connectivity index (χ4v) is 13.3. The van der Waals surface area contributed by atoms with Crippen LogP contribution in [0.15, 0.2) is 279 Å². The molecule has 2 aromatic heterocycles. The maximum Gasteiger partial charge on any atom is 0.0731 e. The minimum Gasteiger partial charge on any atom is -0.309 e. The number of para-hydroxylation sites is 2. The molecule has 0 aliphatic heterocycles. The Bertz CT molecular complexity index is 4570. The van der Waals surface area contributed by atoms with E-state index in [0.29, 0.717) is 0 Å². The first-order valence-electron chi connectivity index (χ1n) is 26.1. The fourth-order valence-electron chi connectivity index (χ4n) is 13.3. The second-order valence-electron chi connectivity index (χ2n) is 20.3.